The third kappa shape index (κ3) is 3.45. The van der Waals surface area contributed by atoms with Crippen LogP contribution in [0.3, 0.4) is 0 Å². The Kier molecular flexibility index (Phi) is 6.20. The van der Waals surface area contributed by atoms with Crippen LogP contribution in [0, 0.1) is 0 Å². The molecule has 0 aromatic carbocycles. The number of rotatable bonds is 7. The first kappa shape index (κ1) is 13.5. The first-order valence-corrected chi connectivity index (χ1v) is 14.6. The van der Waals surface area contributed by atoms with E-state index in [1.807, 2.05) is 5.51 Å². The van der Waals surface area contributed by atoms with Crippen LogP contribution in [0.4, 0.5) is 0 Å². The van der Waals surface area contributed by atoms with Crippen LogP contribution in [0.2, 0.25) is 13.3 Å². The molecule has 1 rings (SSSR count). The molecule has 15 heavy (non-hydrogen) atoms. The van der Waals surface area contributed by atoms with Gasteiger partial charge in [-0.1, -0.05) is 0 Å². The van der Waals surface area contributed by atoms with Crippen LogP contribution in [-0.2, 0) is 0 Å². The summed E-state index contributed by atoms with van der Waals surface area (Å²) >= 11 is -0.250. The molecule has 0 radical (unpaired) electrons. The van der Waals surface area contributed by atoms with E-state index in [0.29, 0.717) is 0 Å². The van der Waals surface area contributed by atoms with Crippen molar-refractivity contribution < 1.29 is 0 Å². The van der Waals surface area contributed by atoms with Crippen molar-refractivity contribution in [3.8, 4) is 0 Å². The monoisotopic (exact) mass is 333 g/mol. The van der Waals surface area contributed by atoms with Crippen molar-refractivity contribution in [3.05, 3.63) is 10.9 Å². The van der Waals surface area contributed by atoms with Crippen LogP contribution in [0.15, 0.2) is 10.9 Å². The normalized spacial score (nSPS) is 11.9. The number of hydrogen-bond acceptors (Lipinski definition) is 2. The van der Waals surface area contributed by atoms with Gasteiger partial charge in [0.05, 0.1) is 0 Å². The SMILES string of the molecule is CC[CH2][Sn]([CH2]CC)([CH2]CC)[c]1cscn1. The van der Waals surface area contributed by atoms with Crippen molar-refractivity contribution in [1.82, 2.24) is 4.98 Å². The average Bonchev–Trinajstić information content (AvgIpc) is 2.72. The van der Waals surface area contributed by atoms with Gasteiger partial charge < -0.3 is 0 Å². The molecule has 0 aliphatic heterocycles. The van der Waals surface area contributed by atoms with Crippen molar-refractivity contribution in [1.29, 1.82) is 0 Å². The van der Waals surface area contributed by atoms with Gasteiger partial charge in [-0.3, -0.25) is 0 Å². The molecule has 0 atom stereocenters. The number of hydrogen-bond donors (Lipinski definition) is 0. The molecule has 1 aromatic heterocycles. The first-order chi connectivity index (χ1) is 7.29. The molecule has 0 bridgehead atoms. The van der Waals surface area contributed by atoms with E-state index in [1.54, 1.807) is 15.0 Å². The van der Waals surface area contributed by atoms with Crippen LogP contribution >= 0.6 is 11.3 Å². The summed E-state index contributed by atoms with van der Waals surface area (Å²) in [6.07, 6.45) is 4.06. The maximum atomic E-state index is 4.66. The molecule has 0 aliphatic rings. The molecule has 1 nitrogen and oxygen atoms in total. The van der Waals surface area contributed by atoms with E-state index in [-0.39, 0.29) is 0 Å². The summed E-state index contributed by atoms with van der Waals surface area (Å²) in [6, 6.07) is 0. The molecule has 0 aliphatic carbocycles. The van der Waals surface area contributed by atoms with Gasteiger partial charge in [0.25, 0.3) is 0 Å². The van der Waals surface area contributed by atoms with Gasteiger partial charge in [-0.15, -0.1) is 0 Å². The number of nitrogens with zero attached hydrogens (tertiary/aromatic N) is 1. The van der Waals surface area contributed by atoms with Crippen molar-refractivity contribution >= 4 is 33.4 Å². The molecule has 0 N–H and O–H groups in total. The molecule has 0 amide bonds. The molecule has 1 aromatic rings. The summed E-state index contributed by atoms with van der Waals surface area (Å²) in [6.45, 7) is 7.01. The quantitative estimate of drug-likeness (QED) is 0.687. The molecule has 0 fully saturated rings. The van der Waals surface area contributed by atoms with E-state index in [0.717, 1.165) is 0 Å². The summed E-state index contributed by atoms with van der Waals surface area (Å²) in [5.74, 6) is 0. The molecule has 3 heteroatoms. The third-order valence-electron chi connectivity index (χ3n) is 3.16. The second kappa shape index (κ2) is 6.89. The fourth-order valence-corrected chi connectivity index (χ4v) is 19.8. The first-order valence-electron chi connectivity index (χ1n) is 6.17. The zero-order chi connectivity index (χ0) is 11.1. The predicted molar refractivity (Wildman–Crippen MR) is 72.8 cm³/mol. The zero-order valence-corrected chi connectivity index (χ0v) is 13.9. The average molecular weight is 332 g/mol. The van der Waals surface area contributed by atoms with Gasteiger partial charge in [-0.25, -0.2) is 0 Å². The molecule has 1 heterocycles. The van der Waals surface area contributed by atoms with Crippen LogP contribution in [-0.4, -0.2) is 23.4 Å². The fraction of sp³-hybridized carbons (Fsp3) is 0.750. The van der Waals surface area contributed by atoms with E-state index in [9.17, 15) is 0 Å². The molecule has 0 spiro atoms. The van der Waals surface area contributed by atoms with Crippen LogP contribution in [0.5, 0.6) is 0 Å². The fourth-order valence-electron chi connectivity index (χ4n) is 2.67. The summed E-state index contributed by atoms with van der Waals surface area (Å²) in [4.78, 5) is 4.66. The standard InChI is InChI=1S/C3H2NS.3C3H7.Sn/c1-2-5-3-4-1;3*1-3-2;/h2-3H;3*1,3H2,2H3;. The minimum absolute atomic E-state index is 1.35. The van der Waals surface area contributed by atoms with Crippen LogP contribution in [0.1, 0.15) is 40.0 Å². The molecule has 0 saturated carbocycles. The van der Waals surface area contributed by atoms with E-state index in [2.05, 4.69) is 31.1 Å². The van der Waals surface area contributed by atoms with E-state index >= 15 is 0 Å². The predicted octanol–water partition coefficient (Wildman–Crippen LogP) is 4.03. The summed E-state index contributed by atoms with van der Waals surface area (Å²) < 4.78 is 6.06. The van der Waals surface area contributed by atoms with Crippen molar-refractivity contribution in [2.45, 2.75) is 53.3 Å². The van der Waals surface area contributed by atoms with E-state index < -0.39 is 18.4 Å². The second-order valence-corrected chi connectivity index (χ2v) is 18.2. The third-order valence-corrected chi connectivity index (χ3v) is 20.7. The Morgan fingerprint density at radius 3 is 1.93 bits per heavy atom. The van der Waals surface area contributed by atoms with Crippen LogP contribution < -0.4 is 3.71 Å². The van der Waals surface area contributed by atoms with Crippen molar-refractivity contribution in [2.24, 2.45) is 0 Å². The number of thiazole rings is 1. The molecule has 86 valence electrons. The molecule has 0 unspecified atom stereocenters. The Labute approximate surface area is 102 Å². The molecule has 0 saturated heterocycles. The zero-order valence-electron chi connectivity index (χ0n) is 10.3. The summed E-state index contributed by atoms with van der Waals surface area (Å²) in [5, 5.41) is 2.34. The van der Waals surface area contributed by atoms with Gasteiger partial charge in [0.15, 0.2) is 0 Å². The van der Waals surface area contributed by atoms with Crippen LogP contribution in [0.25, 0.3) is 0 Å². The van der Waals surface area contributed by atoms with Gasteiger partial charge in [0.1, 0.15) is 0 Å². The molecular weight excluding hydrogens is 309 g/mol. The summed E-state index contributed by atoms with van der Waals surface area (Å²) in [5.41, 5.74) is 2.03. The Hall–Kier alpha value is 0.429. The van der Waals surface area contributed by atoms with Gasteiger partial charge in [0, 0.05) is 0 Å². The van der Waals surface area contributed by atoms with E-state index in [4.69, 9.17) is 0 Å². The second-order valence-electron chi connectivity index (χ2n) is 4.40. The molecular formula is C12H23NSSn. The Bertz CT molecular complexity index is 242. The van der Waals surface area contributed by atoms with Gasteiger partial charge >= 0.3 is 103 Å². The van der Waals surface area contributed by atoms with Gasteiger partial charge in [-0.05, 0) is 0 Å². The maximum absolute atomic E-state index is 4.66. The Morgan fingerprint density at radius 1 is 1.07 bits per heavy atom. The Balaban J connectivity index is 2.90. The van der Waals surface area contributed by atoms with Gasteiger partial charge in [-0.2, -0.15) is 0 Å². The minimum atomic E-state index is -2.04. The number of aromatic nitrogens is 1. The van der Waals surface area contributed by atoms with Crippen molar-refractivity contribution in [3.63, 3.8) is 0 Å². The summed E-state index contributed by atoms with van der Waals surface area (Å²) in [7, 11) is 0. The van der Waals surface area contributed by atoms with Crippen molar-refractivity contribution in [2.75, 3.05) is 0 Å². The van der Waals surface area contributed by atoms with E-state index in [1.165, 1.54) is 32.6 Å². The Morgan fingerprint density at radius 2 is 1.60 bits per heavy atom. The topological polar surface area (TPSA) is 12.9 Å². The van der Waals surface area contributed by atoms with Gasteiger partial charge in [0.2, 0.25) is 0 Å².